The summed E-state index contributed by atoms with van der Waals surface area (Å²) in [5.74, 6) is -1.89. The van der Waals surface area contributed by atoms with Gasteiger partial charge in [-0.15, -0.1) is 11.3 Å². The number of thiophene rings is 1. The number of aliphatic carboxylic acids is 1. The Morgan fingerprint density at radius 1 is 1.48 bits per heavy atom. The molecule has 1 fully saturated rings. The van der Waals surface area contributed by atoms with Crippen LogP contribution in [0.2, 0.25) is 0 Å². The molecule has 1 aliphatic heterocycles. The minimum Gasteiger partial charge on any atom is -0.481 e. The number of likely N-dealkylation sites (tertiary alicyclic amines) is 1. The van der Waals surface area contributed by atoms with Crippen molar-refractivity contribution in [3.8, 4) is 0 Å². The van der Waals surface area contributed by atoms with Crippen LogP contribution in [0.3, 0.4) is 0 Å². The number of piperidine rings is 1. The summed E-state index contributed by atoms with van der Waals surface area (Å²) < 4.78 is 0. The van der Waals surface area contributed by atoms with Gasteiger partial charge in [-0.1, -0.05) is 6.07 Å². The summed E-state index contributed by atoms with van der Waals surface area (Å²) in [5, 5.41) is 13.5. The van der Waals surface area contributed by atoms with Gasteiger partial charge in [-0.2, -0.15) is 0 Å². The monoisotopic (exact) mass is 310 g/mol. The molecule has 2 unspecified atom stereocenters. The van der Waals surface area contributed by atoms with Gasteiger partial charge in [-0.05, 0) is 31.2 Å². The third-order valence-electron chi connectivity index (χ3n) is 3.55. The topological polar surface area (TPSA) is 86.7 Å². The second-order valence-corrected chi connectivity index (χ2v) is 6.08. The fourth-order valence-corrected chi connectivity index (χ4v) is 3.02. The van der Waals surface area contributed by atoms with E-state index in [0.717, 1.165) is 0 Å². The van der Waals surface area contributed by atoms with Crippen LogP contribution < -0.4 is 5.32 Å². The fraction of sp³-hybridized carbons (Fsp3) is 0.500. The maximum absolute atomic E-state index is 12.3. The van der Waals surface area contributed by atoms with Gasteiger partial charge in [0.25, 0.3) is 5.91 Å². The molecular weight excluding hydrogens is 292 g/mol. The van der Waals surface area contributed by atoms with Gasteiger partial charge in [0.05, 0.1) is 10.8 Å². The molecule has 21 heavy (non-hydrogen) atoms. The highest BCUT2D eigenvalue weighted by atomic mass is 32.1. The van der Waals surface area contributed by atoms with E-state index < -0.39 is 17.9 Å². The first-order chi connectivity index (χ1) is 9.99. The zero-order valence-corrected chi connectivity index (χ0v) is 12.6. The van der Waals surface area contributed by atoms with E-state index in [1.807, 2.05) is 0 Å². The molecule has 0 saturated carbocycles. The van der Waals surface area contributed by atoms with Gasteiger partial charge in [0.15, 0.2) is 0 Å². The molecule has 0 spiro atoms. The van der Waals surface area contributed by atoms with Crippen LogP contribution in [-0.2, 0) is 9.59 Å². The largest absolute Gasteiger partial charge is 0.481 e. The summed E-state index contributed by atoms with van der Waals surface area (Å²) in [6.07, 6.45) is 1.27. The zero-order valence-electron chi connectivity index (χ0n) is 11.7. The Morgan fingerprint density at radius 2 is 2.24 bits per heavy atom. The lowest BCUT2D eigenvalue weighted by atomic mass is 9.98. The quantitative estimate of drug-likeness (QED) is 0.874. The molecule has 0 radical (unpaired) electrons. The highest BCUT2D eigenvalue weighted by molar-refractivity contribution is 7.12. The smallest absolute Gasteiger partial charge is 0.308 e. The van der Waals surface area contributed by atoms with Crippen molar-refractivity contribution in [1.82, 2.24) is 10.2 Å². The number of carboxylic acids is 1. The number of nitrogens with one attached hydrogen (secondary N) is 1. The predicted octanol–water partition coefficient (Wildman–Crippen LogP) is 1.19. The number of nitrogens with zero attached hydrogens (tertiary/aromatic N) is 1. The summed E-state index contributed by atoms with van der Waals surface area (Å²) in [5.41, 5.74) is 0. The molecule has 0 aromatic carbocycles. The van der Waals surface area contributed by atoms with Gasteiger partial charge in [0.2, 0.25) is 5.91 Å². The third-order valence-corrected chi connectivity index (χ3v) is 4.41. The van der Waals surface area contributed by atoms with Gasteiger partial charge in [-0.3, -0.25) is 14.4 Å². The molecule has 1 saturated heterocycles. The molecular formula is C14H18N2O4S. The van der Waals surface area contributed by atoms with E-state index in [1.165, 1.54) is 16.2 Å². The Hall–Kier alpha value is -1.89. The van der Waals surface area contributed by atoms with E-state index in [-0.39, 0.29) is 18.4 Å². The summed E-state index contributed by atoms with van der Waals surface area (Å²) in [6.45, 7) is 2.38. The summed E-state index contributed by atoms with van der Waals surface area (Å²) in [4.78, 5) is 37.3. The van der Waals surface area contributed by atoms with Gasteiger partial charge in [0, 0.05) is 13.1 Å². The van der Waals surface area contributed by atoms with Crippen LogP contribution in [0, 0.1) is 5.92 Å². The van der Waals surface area contributed by atoms with Crippen LogP contribution in [-0.4, -0.2) is 46.9 Å². The number of carbonyl (C=O) groups is 3. The first-order valence-electron chi connectivity index (χ1n) is 6.85. The number of hydrogen-bond acceptors (Lipinski definition) is 4. The van der Waals surface area contributed by atoms with E-state index in [9.17, 15) is 14.4 Å². The second kappa shape index (κ2) is 6.71. The number of rotatable bonds is 4. The highest BCUT2D eigenvalue weighted by Gasteiger charge is 2.30. The molecule has 2 amide bonds. The van der Waals surface area contributed by atoms with Gasteiger partial charge in [-0.25, -0.2) is 0 Å². The minimum absolute atomic E-state index is 0.216. The molecule has 2 rings (SSSR count). The number of amides is 2. The Morgan fingerprint density at radius 3 is 2.86 bits per heavy atom. The lowest BCUT2D eigenvalue weighted by Crippen LogP contribution is -2.50. The standard InChI is InChI=1S/C14H18N2O4S/c1-9(15-12(17)11-5-3-7-21-11)13(18)16-6-2-4-10(8-16)14(19)20/h3,5,7,9-10H,2,4,6,8H2,1H3,(H,15,17)(H,19,20). The maximum atomic E-state index is 12.3. The molecule has 0 bridgehead atoms. The summed E-state index contributed by atoms with van der Waals surface area (Å²) >= 11 is 1.31. The lowest BCUT2D eigenvalue weighted by Gasteiger charge is -2.32. The van der Waals surface area contributed by atoms with Crippen molar-refractivity contribution in [2.75, 3.05) is 13.1 Å². The normalized spacial score (nSPS) is 19.9. The van der Waals surface area contributed by atoms with Crippen molar-refractivity contribution < 1.29 is 19.5 Å². The Kier molecular flexibility index (Phi) is 4.95. The predicted molar refractivity (Wildman–Crippen MR) is 78.2 cm³/mol. The average molecular weight is 310 g/mol. The van der Waals surface area contributed by atoms with Crippen LogP contribution in [0.4, 0.5) is 0 Å². The van der Waals surface area contributed by atoms with Crippen LogP contribution in [0.5, 0.6) is 0 Å². The molecule has 0 aliphatic carbocycles. The molecule has 114 valence electrons. The number of carboxylic acid groups (broad SMARTS) is 1. The van der Waals surface area contributed by atoms with Gasteiger partial charge in [0.1, 0.15) is 6.04 Å². The number of carbonyl (C=O) groups excluding carboxylic acids is 2. The van der Waals surface area contributed by atoms with E-state index in [0.29, 0.717) is 24.3 Å². The van der Waals surface area contributed by atoms with E-state index >= 15 is 0 Å². The Labute approximate surface area is 126 Å². The first-order valence-corrected chi connectivity index (χ1v) is 7.73. The van der Waals surface area contributed by atoms with Gasteiger partial charge >= 0.3 is 5.97 Å². The van der Waals surface area contributed by atoms with Crippen LogP contribution >= 0.6 is 11.3 Å². The lowest BCUT2D eigenvalue weighted by molar-refractivity contribution is -0.146. The molecule has 1 aromatic heterocycles. The van der Waals surface area contributed by atoms with Crippen molar-refractivity contribution in [1.29, 1.82) is 0 Å². The van der Waals surface area contributed by atoms with E-state index in [2.05, 4.69) is 5.32 Å². The highest BCUT2D eigenvalue weighted by Crippen LogP contribution is 2.17. The molecule has 6 nitrogen and oxygen atoms in total. The fourth-order valence-electron chi connectivity index (χ4n) is 2.39. The Balaban J connectivity index is 1.92. The molecule has 2 atom stereocenters. The molecule has 2 heterocycles. The second-order valence-electron chi connectivity index (χ2n) is 5.13. The average Bonchev–Trinajstić information content (AvgIpc) is 3.00. The number of hydrogen-bond donors (Lipinski definition) is 2. The van der Waals surface area contributed by atoms with E-state index in [1.54, 1.807) is 24.4 Å². The third kappa shape index (κ3) is 3.81. The first kappa shape index (κ1) is 15.5. The van der Waals surface area contributed by atoms with Gasteiger partial charge < -0.3 is 15.3 Å². The van der Waals surface area contributed by atoms with Crippen molar-refractivity contribution in [3.63, 3.8) is 0 Å². The van der Waals surface area contributed by atoms with Crippen LogP contribution in [0.1, 0.15) is 29.4 Å². The van der Waals surface area contributed by atoms with E-state index in [4.69, 9.17) is 5.11 Å². The zero-order chi connectivity index (χ0) is 15.4. The minimum atomic E-state index is -0.872. The summed E-state index contributed by atoms with van der Waals surface area (Å²) in [7, 11) is 0. The van der Waals surface area contributed by atoms with Crippen molar-refractivity contribution >= 4 is 29.1 Å². The summed E-state index contributed by atoms with van der Waals surface area (Å²) in [6, 6.07) is 2.80. The van der Waals surface area contributed by atoms with Crippen molar-refractivity contribution in [3.05, 3.63) is 22.4 Å². The maximum Gasteiger partial charge on any atom is 0.308 e. The molecule has 7 heteroatoms. The molecule has 2 N–H and O–H groups in total. The van der Waals surface area contributed by atoms with Crippen LogP contribution in [0.15, 0.2) is 17.5 Å². The van der Waals surface area contributed by atoms with Crippen LogP contribution in [0.25, 0.3) is 0 Å². The van der Waals surface area contributed by atoms with Crippen molar-refractivity contribution in [2.45, 2.75) is 25.8 Å². The molecule has 1 aliphatic rings. The van der Waals surface area contributed by atoms with Crippen molar-refractivity contribution in [2.24, 2.45) is 5.92 Å². The molecule has 1 aromatic rings. The Bertz CT molecular complexity index is 529. The SMILES string of the molecule is CC(NC(=O)c1cccs1)C(=O)N1CCCC(C(=O)O)C1.